The maximum atomic E-state index is 12.0. The monoisotopic (exact) mass is 288 g/mol. The Balaban J connectivity index is 2.45. The van der Waals surface area contributed by atoms with Gasteiger partial charge in [-0.15, -0.1) is 0 Å². The van der Waals surface area contributed by atoms with Crippen molar-refractivity contribution >= 4 is 25.5 Å². The molecule has 0 amide bonds. The van der Waals surface area contributed by atoms with Gasteiger partial charge in [0.2, 0.25) is 5.78 Å². The molecular weight excluding hydrogens is 280 g/mol. The average Bonchev–Trinajstić information content (AvgIpc) is 2.82. The molecule has 0 saturated heterocycles. The molecule has 0 unspecified atom stereocenters. The van der Waals surface area contributed by atoms with Crippen molar-refractivity contribution in [3.63, 3.8) is 0 Å². The van der Waals surface area contributed by atoms with Gasteiger partial charge < -0.3 is 9.09 Å². The van der Waals surface area contributed by atoms with E-state index < -0.39 is 14.8 Å². The summed E-state index contributed by atoms with van der Waals surface area (Å²) in [6.07, 6.45) is 1.38. The lowest BCUT2D eigenvalue weighted by Crippen LogP contribution is -1.99. The van der Waals surface area contributed by atoms with Crippen LogP contribution in [-0.4, -0.2) is 23.9 Å². The molecule has 0 aliphatic carbocycles. The lowest BCUT2D eigenvalue weighted by Gasteiger charge is -1.95. The number of aryl methyl sites for hydroxylation is 2. The van der Waals surface area contributed by atoms with E-state index in [-0.39, 0.29) is 16.3 Å². The van der Waals surface area contributed by atoms with E-state index in [0.717, 1.165) is 0 Å². The molecule has 0 aliphatic rings. The van der Waals surface area contributed by atoms with Crippen LogP contribution in [0.3, 0.4) is 0 Å². The summed E-state index contributed by atoms with van der Waals surface area (Å²) in [7, 11) is 2.84. The zero-order chi connectivity index (χ0) is 13.5. The molecule has 0 radical (unpaired) electrons. The highest BCUT2D eigenvalue weighted by molar-refractivity contribution is 8.13. The summed E-state index contributed by atoms with van der Waals surface area (Å²) in [6.45, 7) is 1.66. The molecule has 0 aromatic carbocycles. The minimum Gasteiger partial charge on any atom is -0.361 e. The molecular formula is C10H9ClN2O4S. The van der Waals surface area contributed by atoms with Gasteiger partial charge in [0.15, 0.2) is 10.7 Å². The smallest absolute Gasteiger partial charge is 0.276 e. The van der Waals surface area contributed by atoms with E-state index in [1.165, 1.54) is 29.9 Å². The number of carbonyl (C=O) groups is 1. The minimum absolute atomic E-state index is 0.122. The second-order valence-electron chi connectivity index (χ2n) is 3.77. The predicted octanol–water partition coefficient (Wildman–Crippen LogP) is 1.48. The molecule has 2 aromatic heterocycles. The quantitative estimate of drug-likeness (QED) is 0.631. The molecule has 0 N–H and O–H groups in total. The second-order valence-corrected chi connectivity index (χ2v) is 6.28. The van der Waals surface area contributed by atoms with Crippen LogP contribution in [0.25, 0.3) is 0 Å². The average molecular weight is 289 g/mol. The molecule has 0 fully saturated rings. The zero-order valence-electron chi connectivity index (χ0n) is 9.55. The van der Waals surface area contributed by atoms with E-state index in [4.69, 9.17) is 15.2 Å². The fourth-order valence-electron chi connectivity index (χ4n) is 1.53. The Morgan fingerprint density at radius 1 is 1.44 bits per heavy atom. The van der Waals surface area contributed by atoms with Crippen LogP contribution >= 0.6 is 10.7 Å². The van der Waals surface area contributed by atoms with Crippen LogP contribution in [0.1, 0.15) is 21.8 Å². The third-order valence-electron chi connectivity index (χ3n) is 2.33. The van der Waals surface area contributed by atoms with Crippen molar-refractivity contribution in [3.05, 3.63) is 35.3 Å². The highest BCUT2D eigenvalue weighted by atomic mass is 35.7. The van der Waals surface area contributed by atoms with Gasteiger partial charge in [-0.2, -0.15) is 0 Å². The molecule has 0 saturated carbocycles. The first-order valence-electron chi connectivity index (χ1n) is 4.88. The first-order valence-corrected chi connectivity index (χ1v) is 7.19. The van der Waals surface area contributed by atoms with Gasteiger partial charge in [0.05, 0.1) is 0 Å². The van der Waals surface area contributed by atoms with Crippen molar-refractivity contribution in [1.82, 2.24) is 9.72 Å². The van der Waals surface area contributed by atoms with Gasteiger partial charge in [-0.3, -0.25) is 4.79 Å². The van der Waals surface area contributed by atoms with Crippen molar-refractivity contribution in [2.24, 2.45) is 7.05 Å². The van der Waals surface area contributed by atoms with Gasteiger partial charge in [0.1, 0.15) is 5.76 Å². The normalized spacial score (nSPS) is 11.7. The van der Waals surface area contributed by atoms with Crippen molar-refractivity contribution < 1.29 is 17.7 Å². The maximum Gasteiger partial charge on any atom is 0.276 e. The van der Waals surface area contributed by atoms with E-state index in [1.807, 2.05) is 0 Å². The molecule has 8 heteroatoms. The van der Waals surface area contributed by atoms with Crippen LogP contribution in [0.15, 0.2) is 27.9 Å². The Bertz CT molecular complexity index is 714. The molecule has 0 spiro atoms. The van der Waals surface area contributed by atoms with Crippen molar-refractivity contribution in [3.8, 4) is 0 Å². The number of nitrogens with zero attached hydrogens (tertiary/aromatic N) is 2. The zero-order valence-corrected chi connectivity index (χ0v) is 11.1. The van der Waals surface area contributed by atoms with Gasteiger partial charge in [-0.25, -0.2) is 8.42 Å². The molecule has 6 nitrogen and oxygen atoms in total. The topological polar surface area (TPSA) is 82.2 Å². The number of aromatic nitrogens is 2. The van der Waals surface area contributed by atoms with Gasteiger partial charge in [0, 0.05) is 35.6 Å². The first-order chi connectivity index (χ1) is 8.29. The first kappa shape index (κ1) is 12.8. The van der Waals surface area contributed by atoms with E-state index in [1.54, 1.807) is 6.92 Å². The Hall–Kier alpha value is -1.60. The Kier molecular flexibility index (Phi) is 3.04. The molecule has 0 aliphatic heterocycles. The number of hydrogen-bond acceptors (Lipinski definition) is 5. The van der Waals surface area contributed by atoms with Crippen molar-refractivity contribution in [2.45, 2.75) is 11.9 Å². The van der Waals surface area contributed by atoms with Gasteiger partial charge in [-0.1, -0.05) is 5.16 Å². The van der Waals surface area contributed by atoms with Crippen LogP contribution in [0.2, 0.25) is 0 Å². The minimum atomic E-state index is -3.88. The van der Waals surface area contributed by atoms with Gasteiger partial charge >= 0.3 is 0 Å². The third kappa shape index (κ3) is 2.32. The Morgan fingerprint density at radius 2 is 2.11 bits per heavy atom. The van der Waals surface area contributed by atoms with Crippen molar-refractivity contribution in [2.75, 3.05) is 0 Å². The summed E-state index contributed by atoms with van der Waals surface area (Å²) in [5.74, 6) is 0.0773. The number of rotatable bonds is 3. The van der Waals surface area contributed by atoms with E-state index >= 15 is 0 Å². The van der Waals surface area contributed by atoms with Crippen LogP contribution < -0.4 is 0 Å². The fraction of sp³-hybridized carbons (Fsp3) is 0.200. The summed E-state index contributed by atoms with van der Waals surface area (Å²) in [5.41, 5.74) is 0.307. The fourth-order valence-corrected chi connectivity index (χ4v) is 2.66. The van der Waals surface area contributed by atoms with E-state index in [2.05, 4.69) is 5.16 Å². The molecule has 2 aromatic rings. The molecule has 0 bridgehead atoms. The predicted molar refractivity (Wildman–Crippen MR) is 63.1 cm³/mol. The lowest BCUT2D eigenvalue weighted by molar-refractivity contribution is 0.103. The largest absolute Gasteiger partial charge is 0.361 e. The highest BCUT2D eigenvalue weighted by Gasteiger charge is 2.21. The van der Waals surface area contributed by atoms with Crippen LogP contribution in [0, 0.1) is 6.92 Å². The Morgan fingerprint density at radius 3 is 2.56 bits per heavy atom. The summed E-state index contributed by atoms with van der Waals surface area (Å²) < 4.78 is 28.5. The number of ketones is 1. The molecule has 18 heavy (non-hydrogen) atoms. The third-order valence-corrected chi connectivity index (χ3v) is 3.71. The molecule has 2 heterocycles. The number of hydrogen-bond donors (Lipinski definition) is 0. The molecule has 0 atom stereocenters. The lowest BCUT2D eigenvalue weighted by atomic mass is 10.1. The highest BCUT2D eigenvalue weighted by Crippen LogP contribution is 2.19. The molecule has 2 rings (SSSR count). The number of carbonyl (C=O) groups excluding carboxylic acids is 1. The second kappa shape index (κ2) is 4.25. The summed E-state index contributed by atoms with van der Waals surface area (Å²) in [6, 6.07) is 2.68. The van der Waals surface area contributed by atoms with Crippen LogP contribution in [0.5, 0.6) is 0 Å². The SMILES string of the molecule is Cc1cc(C(=O)c2cc(S(=O)(=O)Cl)n(C)c2)no1. The summed E-state index contributed by atoms with van der Waals surface area (Å²) in [4.78, 5) is 12.0. The van der Waals surface area contributed by atoms with Crippen LogP contribution in [0.4, 0.5) is 0 Å². The van der Waals surface area contributed by atoms with E-state index in [0.29, 0.717) is 5.76 Å². The van der Waals surface area contributed by atoms with E-state index in [9.17, 15) is 13.2 Å². The van der Waals surface area contributed by atoms with Gasteiger partial charge in [-0.05, 0) is 13.0 Å². The van der Waals surface area contributed by atoms with Gasteiger partial charge in [0.25, 0.3) is 9.05 Å². The number of halogens is 1. The summed E-state index contributed by atoms with van der Waals surface area (Å²) in [5, 5.41) is 3.43. The standard InChI is InChI=1S/C10H9ClN2O4S/c1-6-3-8(12-17-6)10(14)7-4-9(13(2)5-7)18(11,15)16/h3-5H,1-2H3. The Labute approximate surface area is 108 Å². The van der Waals surface area contributed by atoms with Crippen LogP contribution in [-0.2, 0) is 16.1 Å². The van der Waals surface area contributed by atoms with Crippen molar-refractivity contribution in [1.29, 1.82) is 0 Å². The maximum absolute atomic E-state index is 12.0. The molecule has 96 valence electrons. The summed E-state index contributed by atoms with van der Waals surface area (Å²) >= 11 is 0.